The lowest BCUT2D eigenvalue weighted by Crippen LogP contribution is -2.30. The number of benzene rings is 3. The molecule has 3 heteroatoms. The minimum atomic E-state index is 0.106. The van der Waals surface area contributed by atoms with Gasteiger partial charge in [-0.05, 0) is 68.0 Å². The molecule has 0 saturated carbocycles. The third-order valence-corrected chi connectivity index (χ3v) is 6.87. The highest BCUT2D eigenvalue weighted by Crippen LogP contribution is 2.33. The molecular formula is C31H36N2O. The molecule has 1 saturated heterocycles. The Bertz CT molecular complexity index is 1100. The van der Waals surface area contributed by atoms with Gasteiger partial charge in [-0.3, -0.25) is 9.69 Å². The fourth-order valence-corrected chi connectivity index (χ4v) is 4.84. The van der Waals surface area contributed by atoms with E-state index in [0.29, 0.717) is 0 Å². The van der Waals surface area contributed by atoms with Gasteiger partial charge in [-0.2, -0.15) is 0 Å². The van der Waals surface area contributed by atoms with Gasteiger partial charge in [-0.25, -0.2) is 0 Å². The second-order valence-electron chi connectivity index (χ2n) is 9.16. The van der Waals surface area contributed by atoms with E-state index >= 15 is 0 Å². The summed E-state index contributed by atoms with van der Waals surface area (Å²) in [6.45, 7) is 10.8. The molecule has 0 atom stereocenters. The first-order valence-corrected chi connectivity index (χ1v) is 12.5. The van der Waals surface area contributed by atoms with E-state index in [4.69, 9.17) is 0 Å². The Kier molecular flexibility index (Phi) is 7.97. The van der Waals surface area contributed by atoms with Crippen LogP contribution in [0.25, 0.3) is 5.57 Å². The molecule has 34 heavy (non-hydrogen) atoms. The van der Waals surface area contributed by atoms with E-state index in [0.717, 1.165) is 51.1 Å². The molecule has 0 radical (unpaired) electrons. The highest BCUT2D eigenvalue weighted by atomic mass is 16.2. The average molecular weight is 453 g/mol. The number of hydrogen-bond donors (Lipinski definition) is 0. The normalized spacial score (nSPS) is 14.1. The lowest BCUT2D eigenvalue weighted by atomic mass is 9.88. The van der Waals surface area contributed by atoms with Gasteiger partial charge in [0.1, 0.15) is 0 Å². The highest BCUT2D eigenvalue weighted by Gasteiger charge is 2.20. The van der Waals surface area contributed by atoms with E-state index in [1.165, 1.54) is 33.4 Å². The third-order valence-electron chi connectivity index (χ3n) is 6.87. The van der Waals surface area contributed by atoms with Gasteiger partial charge in [0.2, 0.25) is 0 Å². The second-order valence-corrected chi connectivity index (χ2v) is 9.16. The Hall–Kier alpha value is -3.17. The number of carbonyl (C=O) groups is 1. The number of piperidine rings is 1. The minimum Gasteiger partial charge on any atom is -0.339 e. The van der Waals surface area contributed by atoms with E-state index in [2.05, 4.69) is 78.6 Å². The zero-order valence-corrected chi connectivity index (χ0v) is 20.8. The summed E-state index contributed by atoms with van der Waals surface area (Å²) in [5, 5.41) is 0. The van der Waals surface area contributed by atoms with Crippen LogP contribution < -0.4 is 0 Å². The molecule has 1 aliphatic rings. The van der Waals surface area contributed by atoms with Crippen molar-refractivity contribution >= 4 is 11.5 Å². The second kappa shape index (κ2) is 11.3. The van der Waals surface area contributed by atoms with Gasteiger partial charge in [0, 0.05) is 38.3 Å². The van der Waals surface area contributed by atoms with Gasteiger partial charge in [0.25, 0.3) is 5.91 Å². The van der Waals surface area contributed by atoms with E-state index in [9.17, 15) is 4.79 Å². The topological polar surface area (TPSA) is 23.6 Å². The molecule has 176 valence electrons. The average Bonchev–Trinajstić information content (AvgIpc) is 2.88. The molecular weight excluding hydrogens is 416 g/mol. The molecule has 0 aliphatic carbocycles. The Labute approximate surface area is 204 Å². The van der Waals surface area contributed by atoms with Crippen LogP contribution >= 0.6 is 0 Å². The van der Waals surface area contributed by atoms with Crippen LogP contribution in [-0.4, -0.2) is 41.9 Å². The summed E-state index contributed by atoms with van der Waals surface area (Å²) in [6, 6.07) is 27.8. The van der Waals surface area contributed by atoms with Crippen LogP contribution in [0.4, 0.5) is 0 Å². The summed E-state index contributed by atoms with van der Waals surface area (Å²) in [7, 11) is 0. The molecule has 0 unspecified atom stereocenters. The quantitative estimate of drug-likeness (QED) is 0.404. The molecule has 1 fully saturated rings. The van der Waals surface area contributed by atoms with Gasteiger partial charge in [-0.15, -0.1) is 0 Å². The van der Waals surface area contributed by atoms with Crippen molar-refractivity contribution in [3.05, 3.63) is 112 Å². The van der Waals surface area contributed by atoms with E-state index in [-0.39, 0.29) is 5.91 Å². The van der Waals surface area contributed by atoms with Crippen LogP contribution in [0, 0.1) is 6.92 Å². The van der Waals surface area contributed by atoms with Crippen molar-refractivity contribution in [1.29, 1.82) is 0 Å². The van der Waals surface area contributed by atoms with Crippen molar-refractivity contribution in [1.82, 2.24) is 9.80 Å². The first kappa shape index (κ1) is 24.0. The number of likely N-dealkylation sites (tertiary alicyclic amines) is 1. The van der Waals surface area contributed by atoms with Gasteiger partial charge in [0.05, 0.1) is 0 Å². The number of rotatable bonds is 7. The SMILES string of the molecule is CCN(CC)C(=O)c1ccc(C(=C2CCN(Cc3ccc(C)cc3)CC2)c2ccccc2)cc1. The molecule has 1 aliphatic heterocycles. The van der Waals surface area contributed by atoms with E-state index in [1.807, 2.05) is 30.9 Å². The Morgan fingerprint density at radius 1 is 0.765 bits per heavy atom. The summed E-state index contributed by atoms with van der Waals surface area (Å²) in [6.07, 6.45) is 2.13. The maximum Gasteiger partial charge on any atom is 0.253 e. The molecule has 0 spiro atoms. The standard InChI is InChI=1S/C31H36N2O/c1-4-33(5-2)31(34)29-17-15-27(16-18-29)30(26-9-7-6-8-10-26)28-19-21-32(22-20-28)23-25-13-11-24(3)12-14-25/h6-18H,4-5,19-23H2,1-3H3. The van der Waals surface area contributed by atoms with Gasteiger partial charge < -0.3 is 4.90 Å². The lowest BCUT2D eigenvalue weighted by Gasteiger charge is -2.30. The van der Waals surface area contributed by atoms with Crippen LogP contribution in [0.1, 0.15) is 59.3 Å². The number of carbonyl (C=O) groups excluding carboxylic acids is 1. The monoisotopic (exact) mass is 452 g/mol. The smallest absolute Gasteiger partial charge is 0.253 e. The van der Waals surface area contributed by atoms with Gasteiger partial charge in [-0.1, -0.05) is 77.9 Å². The largest absolute Gasteiger partial charge is 0.339 e. The maximum atomic E-state index is 12.8. The molecule has 1 heterocycles. The van der Waals surface area contributed by atoms with Crippen molar-refractivity contribution in [2.45, 2.75) is 40.2 Å². The summed E-state index contributed by atoms with van der Waals surface area (Å²) >= 11 is 0. The molecule has 0 bridgehead atoms. The minimum absolute atomic E-state index is 0.106. The van der Waals surface area contributed by atoms with Crippen LogP contribution in [-0.2, 0) is 6.54 Å². The Morgan fingerprint density at radius 2 is 1.32 bits per heavy atom. The molecule has 3 nitrogen and oxygen atoms in total. The summed E-state index contributed by atoms with van der Waals surface area (Å²) < 4.78 is 0. The van der Waals surface area contributed by atoms with Crippen molar-refractivity contribution in [3.8, 4) is 0 Å². The fraction of sp³-hybridized carbons (Fsp3) is 0.323. The van der Waals surface area contributed by atoms with Crippen molar-refractivity contribution in [2.75, 3.05) is 26.2 Å². The third kappa shape index (κ3) is 5.66. The van der Waals surface area contributed by atoms with E-state index < -0.39 is 0 Å². The zero-order chi connectivity index (χ0) is 23.9. The van der Waals surface area contributed by atoms with Crippen LogP contribution in [0.3, 0.4) is 0 Å². The van der Waals surface area contributed by atoms with Gasteiger partial charge >= 0.3 is 0 Å². The number of amides is 1. The van der Waals surface area contributed by atoms with Crippen LogP contribution in [0.5, 0.6) is 0 Å². The van der Waals surface area contributed by atoms with Crippen molar-refractivity contribution < 1.29 is 4.79 Å². The summed E-state index contributed by atoms with van der Waals surface area (Å²) in [5.74, 6) is 0.106. The Morgan fingerprint density at radius 3 is 1.91 bits per heavy atom. The predicted molar refractivity (Wildman–Crippen MR) is 142 cm³/mol. The number of aryl methyl sites for hydroxylation is 1. The van der Waals surface area contributed by atoms with Crippen molar-refractivity contribution in [2.24, 2.45) is 0 Å². The predicted octanol–water partition coefficient (Wildman–Crippen LogP) is 6.57. The number of nitrogens with zero attached hydrogens (tertiary/aromatic N) is 2. The van der Waals surface area contributed by atoms with Crippen LogP contribution in [0.15, 0.2) is 84.4 Å². The van der Waals surface area contributed by atoms with E-state index in [1.54, 1.807) is 0 Å². The number of hydrogen-bond acceptors (Lipinski definition) is 2. The van der Waals surface area contributed by atoms with Crippen molar-refractivity contribution in [3.63, 3.8) is 0 Å². The fourth-order valence-electron chi connectivity index (χ4n) is 4.84. The van der Waals surface area contributed by atoms with Crippen LogP contribution in [0.2, 0.25) is 0 Å². The first-order chi connectivity index (χ1) is 16.6. The summed E-state index contributed by atoms with van der Waals surface area (Å²) in [5.41, 5.74) is 8.75. The molecule has 0 aromatic heterocycles. The summed E-state index contributed by atoms with van der Waals surface area (Å²) in [4.78, 5) is 17.2. The molecule has 3 aromatic carbocycles. The maximum absolute atomic E-state index is 12.8. The highest BCUT2D eigenvalue weighted by molar-refractivity contribution is 5.95. The lowest BCUT2D eigenvalue weighted by molar-refractivity contribution is 0.0773. The Balaban J connectivity index is 1.56. The first-order valence-electron chi connectivity index (χ1n) is 12.5. The molecule has 3 aromatic rings. The van der Waals surface area contributed by atoms with Gasteiger partial charge in [0.15, 0.2) is 0 Å². The molecule has 4 rings (SSSR count). The molecule has 0 N–H and O–H groups in total. The zero-order valence-electron chi connectivity index (χ0n) is 20.8. The molecule has 1 amide bonds.